The van der Waals surface area contributed by atoms with Crippen LogP contribution >= 0.6 is 0 Å². The summed E-state index contributed by atoms with van der Waals surface area (Å²) in [6.45, 7) is 4.45. The van der Waals surface area contributed by atoms with Gasteiger partial charge in [0, 0.05) is 18.9 Å². The summed E-state index contributed by atoms with van der Waals surface area (Å²) in [6.07, 6.45) is 5.20. The summed E-state index contributed by atoms with van der Waals surface area (Å²) >= 11 is 0. The lowest BCUT2D eigenvalue weighted by Gasteiger charge is -2.16. The van der Waals surface area contributed by atoms with Crippen LogP contribution in [0.25, 0.3) is 0 Å². The van der Waals surface area contributed by atoms with Crippen LogP contribution in [-0.4, -0.2) is 29.7 Å². The smallest absolute Gasteiger partial charge is 0.155 e. The molecule has 0 aliphatic carbocycles. The predicted molar refractivity (Wildman–Crippen MR) is 54.7 cm³/mol. The van der Waals surface area contributed by atoms with Crippen molar-refractivity contribution in [3.8, 4) is 0 Å². The fourth-order valence-electron chi connectivity index (χ4n) is 1.49. The number of rotatable bonds is 1. The van der Waals surface area contributed by atoms with Gasteiger partial charge in [-0.15, -0.1) is 0 Å². The minimum Gasteiger partial charge on any atom is -0.396 e. The molecule has 14 heavy (non-hydrogen) atoms. The number of allylic oxidation sites excluding steroid dienone is 1. The fraction of sp³-hybridized carbons (Fsp3) is 0.636. The Balaban J connectivity index is 2.53. The molecule has 1 aliphatic rings. The molecule has 0 bridgehead atoms. The second kappa shape index (κ2) is 5.96. The maximum atomic E-state index is 9.33. The first kappa shape index (κ1) is 11.4. The Morgan fingerprint density at radius 1 is 1.57 bits per heavy atom. The van der Waals surface area contributed by atoms with Gasteiger partial charge in [-0.3, -0.25) is 0 Å². The Morgan fingerprint density at radius 3 is 3.07 bits per heavy atom. The highest BCUT2D eigenvalue weighted by Gasteiger charge is 2.10. The summed E-state index contributed by atoms with van der Waals surface area (Å²) in [7, 11) is 0. The Hall–Kier alpha value is -0.640. The van der Waals surface area contributed by atoms with Crippen molar-refractivity contribution < 1.29 is 14.9 Å². The molecule has 0 aromatic carbocycles. The molecule has 0 amide bonds. The largest absolute Gasteiger partial charge is 0.396 e. The lowest BCUT2D eigenvalue weighted by atomic mass is 9.97. The highest BCUT2D eigenvalue weighted by molar-refractivity contribution is 5.01. The van der Waals surface area contributed by atoms with E-state index in [1.165, 1.54) is 0 Å². The molecule has 0 saturated carbocycles. The molecule has 2 N–H and O–H groups in total. The van der Waals surface area contributed by atoms with Crippen LogP contribution < -0.4 is 0 Å². The molecule has 0 aromatic rings. The topological polar surface area (TPSA) is 49.7 Å². The van der Waals surface area contributed by atoms with Gasteiger partial charge in [0.1, 0.15) is 0 Å². The van der Waals surface area contributed by atoms with E-state index in [2.05, 4.69) is 6.58 Å². The first-order valence-electron chi connectivity index (χ1n) is 4.96. The van der Waals surface area contributed by atoms with Gasteiger partial charge in [-0.1, -0.05) is 24.3 Å². The van der Waals surface area contributed by atoms with Crippen molar-refractivity contribution in [2.45, 2.75) is 25.6 Å². The van der Waals surface area contributed by atoms with E-state index in [0.29, 0.717) is 13.0 Å². The van der Waals surface area contributed by atoms with Gasteiger partial charge in [0.15, 0.2) is 6.29 Å². The molecule has 80 valence electrons. The van der Waals surface area contributed by atoms with Crippen molar-refractivity contribution in [3.63, 3.8) is 0 Å². The van der Waals surface area contributed by atoms with Gasteiger partial charge < -0.3 is 14.9 Å². The molecule has 0 aromatic heterocycles. The molecule has 0 unspecified atom stereocenters. The van der Waals surface area contributed by atoms with Crippen LogP contribution in [0.4, 0.5) is 0 Å². The maximum absolute atomic E-state index is 9.33. The molecular weight excluding hydrogens is 180 g/mol. The van der Waals surface area contributed by atoms with E-state index in [0.717, 1.165) is 18.4 Å². The molecule has 0 fully saturated rings. The molecule has 3 heteroatoms. The third kappa shape index (κ3) is 4.05. The molecule has 1 aliphatic heterocycles. The minimum atomic E-state index is -0.693. The van der Waals surface area contributed by atoms with Crippen LogP contribution in [0.3, 0.4) is 0 Å². The molecule has 1 rings (SSSR count). The number of hydrogen-bond donors (Lipinski definition) is 2. The summed E-state index contributed by atoms with van der Waals surface area (Å²) in [5.74, 6) is 0.140. The number of ether oxygens (including phenoxy) is 1. The summed E-state index contributed by atoms with van der Waals surface area (Å²) in [5.41, 5.74) is 1.05. The molecule has 1 heterocycles. The van der Waals surface area contributed by atoms with E-state index in [-0.39, 0.29) is 12.5 Å². The molecule has 3 nitrogen and oxygen atoms in total. The SMILES string of the molecule is C=C1CC[C@H](O)OC/C=C\[C@H](CO)C1. The van der Waals surface area contributed by atoms with Crippen LogP contribution in [0.1, 0.15) is 19.3 Å². The van der Waals surface area contributed by atoms with Crippen LogP contribution in [0, 0.1) is 5.92 Å². The van der Waals surface area contributed by atoms with E-state index in [1.807, 2.05) is 12.2 Å². The van der Waals surface area contributed by atoms with Crippen molar-refractivity contribution >= 4 is 0 Å². The lowest BCUT2D eigenvalue weighted by Crippen LogP contribution is -2.14. The first-order chi connectivity index (χ1) is 6.72. The van der Waals surface area contributed by atoms with E-state index < -0.39 is 6.29 Å². The van der Waals surface area contributed by atoms with Crippen LogP contribution in [-0.2, 0) is 4.74 Å². The molecule has 2 atom stereocenters. The Morgan fingerprint density at radius 2 is 2.36 bits per heavy atom. The van der Waals surface area contributed by atoms with Crippen LogP contribution in [0.15, 0.2) is 24.3 Å². The van der Waals surface area contributed by atoms with Gasteiger partial charge in [-0.05, 0) is 12.8 Å². The molecule has 0 radical (unpaired) electrons. The van der Waals surface area contributed by atoms with E-state index in [9.17, 15) is 5.11 Å². The standard InChI is InChI=1S/C11H18O3/c1-9-4-5-11(13)14-6-2-3-10(7-9)8-12/h2-3,10-13H,1,4-8H2/b3-2-/t10-,11+/m0/s1. The van der Waals surface area contributed by atoms with Gasteiger partial charge in [-0.2, -0.15) is 0 Å². The van der Waals surface area contributed by atoms with E-state index >= 15 is 0 Å². The van der Waals surface area contributed by atoms with E-state index in [4.69, 9.17) is 9.84 Å². The zero-order valence-corrected chi connectivity index (χ0v) is 8.35. The van der Waals surface area contributed by atoms with Crippen LogP contribution in [0.5, 0.6) is 0 Å². The Bertz CT molecular complexity index is 211. The second-order valence-corrected chi connectivity index (χ2v) is 3.65. The van der Waals surface area contributed by atoms with Crippen molar-refractivity contribution in [1.29, 1.82) is 0 Å². The third-order valence-corrected chi connectivity index (χ3v) is 2.32. The summed E-state index contributed by atoms with van der Waals surface area (Å²) in [4.78, 5) is 0. The fourth-order valence-corrected chi connectivity index (χ4v) is 1.49. The maximum Gasteiger partial charge on any atom is 0.155 e. The van der Waals surface area contributed by atoms with E-state index in [1.54, 1.807) is 0 Å². The van der Waals surface area contributed by atoms with Gasteiger partial charge in [0.2, 0.25) is 0 Å². The number of aliphatic hydroxyl groups excluding tert-OH is 2. The zero-order chi connectivity index (χ0) is 10.4. The first-order valence-corrected chi connectivity index (χ1v) is 4.96. The number of hydrogen-bond acceptors (Lipinski definition) is 3. The summed E-state index contributed by atoms with van der Waals surface area (Å²) in [6, 6.07) is 0. The second-order valence-electron chi connectivity index (χ2n) is 3.65. The molecule has 0 saturated heterocycles. The van der Waals surface area contributed by atoms with Crippen molar-refractivity contribution in [2.75, 3.05) is 13.2 Å². The van der Waals surface area contributed by atoms with Gasteiger partial charge in [-0.25, -0.2) is 0 Å². The van der Waals surface area contributed by atoms with Crippen molar-refractivity contribution in [3.05, 3.63) is 24.3 Å². The van der Waals surface area contributed by atoms with Crippen molar-refractivity contribution in [1.82, 2.24) is 0 Å². The average Bonchev–Trinajstić information content (AvgIpc) is 2.19. The zero-order valence-electron chi connectivity index (χ0n) is 8.35. The average molecular weight is 198 g/mol. The normalized spacial score (nSPS) is 32.6. The number of aliphatic hydroxyl groups is 2. The highest BCUT2D eigenvalue weighted by Crippen LogP contribution is 2.18. The Kier molecular flexibility index (Phi) is 4.87. The highest BCUT2D eigenvalue weighted by atomic mass is 16.6. The lowest BCUT2D eigenvalue weighted by molar-refractivity contribution is -0.0928. The molecular formula is C11H18O3. The summed E-state index contributed by atoms with van der Waals surface area (Å²) < 4.78 is 5.11. The van der Waals surface area contributed by atoms with Crippen LogP contribution in [0.2, 0.25) is 0 Å². The predicted octanol–water partition coefficient (Wildman–Crippen LogP) is 1.23. The van der Waals surface area contributed by atoms with Gasteiger partial charge >= 0.3 is 0 Å². The van der Waals surface area contributed by atoms with Crippen molar-refractivity contribution in [2.24, 2.45) is 5.92 Å². The van der Waals surface area contributed by atoms with Gasteiger partial charge in [0.05, 0.1) is 6.61 Å². The minimum absolute atomic E-state index is 0.137. The third-order valence-electron chi connectivity index (χ3n) is 2.32. The molecule has 0 spiro atoms. The monoisotopic (exact) mass is 198 g/mol. The summed E-state index contributed by atoms with van der Waals surface area (Å²) in [5, 5.41) is 18.4. The van der Waals surface area contributed by atoms with Gasteiger partial charge in [0.25, 0.3) is 0 Å². The quantitative estimate of drug-likeness (QED) is 0.623. The Labute approximate surface area is 84.7 Å².